The molecule has 0 radical (unpaired) electrons. The lowest BCUT2D eigenvalue weighted by molar-refractivity contribution is -0.128. The van der Waals surface area contributed by atoms with Crippen molar-refractivity contribution < 1.29 is 19.1 Å². The monoisotopic (exact) mass is 405 g/mol. The fourth-order valence-corrected chi connectivity index (χ4v) is 3.35. The lowest BCUT2D eigenvalue weighted by Gasteiger charge is -2.17. The topological polar surface area (TPSA) is 72.5 Å². The van der Waals surface area contributed by atoms with E-state index in [2.05, 4.69) is 5.32 Å². The van der Waals surface area contributed by atoms with Crippen molar-refractivity contribution >= 4 is 40.8 Å². The number of thioether (sulfide) groups is 1. The molecule has 0 aliphatic rings. The number of benzene rings is 1. The Kier molecular flexibility index (Phi) is 7.21. The summed E-state index contributed by atoms with van der Waals surface area (Å²) in [4.78, 5) is 38.6. The predicted octanol–water partition coefficient (Wildman–Crippen LogP) is 4.17. The summed E-state index contributed by atoms with van der Waals surface area (Å²) in [6.07, 6.45) is 1.95. The maximum Gasteiger partial charge on any atom is 0.338 e. The first-order valence-corrected chi connectivity index (χ1v) is 10.5. The quantitative estimate of drug-likeness (QED) is 0.425. The molecule has 2 aromatic rings. The number of esters is 1. The normalized spacial score (nSPS) is 11.1. The van der Waals surface area contributed by atoms with Gasteiger partial charge >= 0.3 is 5.97 Å². The molecule has 1 heterocycles. The van der Waals surface area contributed by atoms with Crippen molar-refractivity contribution in [3.8, 4) is 0 Å². The van der Waals surface area contributed by atoms with E-state index in [0.717, 1.165) is 9.77 Å². The van der Waals surface area contributed by atoms with E-state index in [1.54, 1.807) is 36.0 Å². The molecular formula is C20H23NO4S2. The van der Waals surface area contributed by atoms with Crippen molar-refractivity contribution in [2.45, 2.75) is 32.2 Å². The molecule has 0 spiro atoms. The number of hydrogen-bond donors (Lipinski definition) is 1. The molecule has 0 aliphatic heterocycles. The lowest BCUT2D eigenvalue weighted by Crippen LogP contribution is -2.34. The van der Waals surface area contributed by atoms with Gasteiger partial charge in [-0.2, -0.15) is 0 Å². The second-order valence-electron chi connectivity index (χ2n) is 6.93. The van der Waals surface area contributed by atoms with Crippen LogP contribution in [0.3, 0.4) is 0 Å². The van der Waals surface area contributed by atoms with Crippen molar-refractivity contribution in [3.05, 3.63) is 51.7 Å². The molecule has 5 nitrogen and oxygen atoms in total. The molecule has 0 saturated heterocycles. The van der Waals surface area contributed by atoms with E-state index in [-0.39, 0.29) is 18.3 Å². The number of carbonyl (C=O) groups is 3. The molecule has 1 aromatic heterocycles. The molecule has 0 saturated carbocycles. The van der Waals surface area contributed by atoms with E-state index in [4.69, 9.17) is 4.74 Å². The highest BCUT2D eigenvalue weighted by molar-refractivity contribution is 7.98. The Balaban J connectivity index is 1.86. The molecule has 7 heteroatoms. The molecule has 27 heavy (non-hydrogen) atoms. The third kappa shape index (κ3) is 6.22. The van der Waals surface area contributed by atoms with E-state index >= 15 is 0 Å². The fraction of sp³-hybridized carbons (Fsp3) is 0.350. The number of Topliss-reactive ketones (excluding diaryl/α,β-unsaturated/α-hetero) is 1. The van der Waals surface area contributed by atoms with Crippen LogP contribution in [0.5, 0.6) is 0 Å². The first kappa shape index (κ1) is 21.2. The summed E-state index contributed by atoms with van der Waals surface area (Å²) in [5.41, 5.74) is -0.0460. The maximum atomic E-state index is 12.2. The van der Waals surface area contributed by atoms with E-state index in [0.29, 0.717) is 17.0 Å². The highest BCUT2D eigenvalue weighted by atomic mass is 32.2. The summed E-state index contributed by atoms with van der Waals surface area (Å²) < 4.78 is 5.11. The van der Waals surface area contributed by atoms with E-state index in [9.17, 15) is 14.4 Å². The fourth-order valence-electron chi connectivity index (χ4n) is 2.07. The number of hydrogen-bond acceptors (Lipinski definition) is 6. The number of ether oxygens (including phenoxy) is 1. The van der Waals surface area contributed by atoms with Gasteiger partial charge in [-0.25, -0.2) is 4.79 Å². The van der Waals surface area contributed by atoms with Crippen molar-refractivity contribution in [1.82, 2.24) is 5.32 Å². The molecule has 0 fully saturated rings. The summed E-state index contributed by atoms with van der Waals surface area (Å²) in [5.74, 6) is -0.835. The van der Waals surface area contributed by atoms with E-state index < -0.39 is 11.4 Å². The third-order valence-corrected chi connectivity index (χ3v) is 5.57. The van der Waals surface area contributed by atoms with Crippen molar-refractivity contribution in [3.63, 3.8) is 0 Å². The molecule has 2 rings (SSSR count). The number of thiophene rings is 1. The highest BCUT2D eigenvalue weighted by Crippen LogP contribution is 2.19. The maximum absolute atomic E-state index is 12.2. The highest BCUT2D eigenvalue weighted by Gasteiger charge is 2.21. The Hall–Kier alpha value is -2.12. The first-order chi connectivity index (χ1) is 12.7. The van der Waals surface area contributed by atoms with Crippen LogP contribution in [-0.2, 0) is 16.1 Å². The van der Waals surface area contributed by atoms with Crippen LogP contribution >= 0.6 is 23.1 Å². The lowest BCUT2D eigenvalue weighted by atomic mass is 9.96. The van der Waals surface area contributed by atoms with Gasteiger partial charge in [-0.15, -0.1) is 23.1 Å². The number of amides is 1. The smallest absolute Gasteiger partial charge is 0.338 e. The molecule has 144 valence electrons. The van der Waals surface area contributed by atoms with Crippen LogP contribution in [0, 0.1) is 5.41 Å². The minimum absolute atomic E-state index is 0.0507. The molecule has 1 amide bonds. The molecule has 1 aromatic carbocycles. The Labute approximate surface area is 167 Å². The Morgan fingerprint density at radius 3 is 2.33 bits per heavy atom. The van der Waals surface area contributed by atoms with Gasteiger partial charge in [-0.05, 0) is 42.7 Å². The van der Waals surface area contributed by atoms with Gasteiger partial charge < -0.3 is 10.1 Å². The molecule has 0 aliphatic carbocycles. The molecule has 1 N–H and O–H groups in total. The first-order valence-electron chi connectivity index (χ1n) is 8.42. The summed E-state index contributed by atoms with van der Waals surface area (Å²) in [6, 6.07) is 10.5. The molecule has 0 bridgehead atoms. The average molecular weight is 406 g/mol. The number of ketones is 1. The summed E-state index contributed by atoms with van der Waals surface area (Å²) in [7, 11) is 0. The van der Waals surface area contributed by atoms with Crippen LogP contribution in [0.2, 0.25) is 0 Å². The summed E-state index contributed by atoms with van der Waals surface area (Å²) >= 11 is 2.87. The van der Waals surface area contributed by atoms with Gasteiger partial charge in [-0.1, -0.05) is 20.8 Å². The Bertz CT molecular complexity index is 819. The van der Waals surface area contributed by atoms with Gasteiger partial charge in [0.05, 0.1) is 17.0 Å². The zero-order chi connectivity index (χ0) is 20.0. The second-order valence-corrected chi connectivity index (χ2v) is 8.97. The summed E-state index contributed by atoms with van der Waals surface area (Å²) in [5, 5.41) is 2.85. The van der Waals surface area contributed by atoms with Crippen molar-refractivity contribution in [2.75, 3.05) is 12.9 Å². The van der Waals surface area contributed by atoms with Gasteiger partial charge in [0, 0.05) is 15.2 Å². The minimum atomic E-state index is -0.523. The van der Waals surface area contributed by atoms with Crippen LogP contribution < -0.4 is 5.32 Å². The summed E-state index contributed by atoms with van der Waals surface area (Å²) in [6.45, 7) is 5.59. The van der Waals surface area contributed by atoms with Crippen LogP contribution in [-0.4, -0.2) is 30.5 Å². The largest absolute Gasteiger partial charge is 0.454 e. The van der Waals surface area contributed by atoms with Gasteiger partial charge in [0.2, 0.25) is 11.7 Å². The second kappa shape index (κ2) is 9.19. The Morgan fingerprint density at radius 1 is 1.07 bits per heavy atom. The van der Waals surface area contributed by atoms with Gasteiger partial charge in [0.25, 0.3) is 0 Å². The third-order valence-electron chi connectivity index (χ3n) is 3.70. The van der Waals surface area contributed by atoms with Crippen molar-refractivity contribution in [2.24, 2.45) is 5.41 Å². The van der Waals surface area contributed by atoms with Crippen LogP contribution in [0.1, 0.15) is 45.7 Å². The van der Waals surface area contributed by atoms with Gasteiger partial charge in [0.15, 0.2) is 6.61 Å². The number of rotatable bonds is 7. The average Bonchev–Trinajstić information content (AvgIpc) is 3.12. The van der Waals surface area contributed by atoms with Crippen molar-refractivity contribution in [1.29, 1.82) is 0 Å². The zero-order valence-electron chi connectivity index (χ0n) is 15.8. The van der Waals surface area contributed by atoms with Gasteiger partial charge in [0.1, 0.15) is 0 Å². The predicted molar refractivity (Wildman–Crippen MR) is 108 cm³/mol. The zero-order valence-corrected chi connectivity index (χ0v) is 17.5. The molecule has 0 unspecified atom stereocenters. The molecular weight excluding hydrogens is 382 g/mol. The van der Waals surface area contributed by atoms with E-state index in [1.165, 1.54) is 11.3 Å². The van der Waals surface area contributed by atoms with Crippen LogP contribution in [0.25, 0.3) is 0 Å². The standard InChI is InChI=1S/C20H23NO4S2/c1-20(2,3)19(24)21-11-15-9-10-17(27-15)16(22)12-25-18(23)13-5-7-14(26-4)8-6-13/h5-10H,11-12H2,1-4H3,(H,21,24). The Morgan fingerprint density at radius 2 is 1.74 bits per heavy atom. The minimum Gasteiger partial charge on any atom is -0.454 e. The van der Waals surface area contributed by atoms with E-state index in [1.807, 2.05) is 39.2 Å². The van der Waals surface area contributed by atoms with Crippen LogP contribution in [0.15, 0.2) is 41.3 Å². The number of carbonyl (C=O) groups excluding carboxylic acids is 3. The molecule has 0 atom stereocenters. The van der Waals surface area contributed by atoms with Gasteiger partial charge in [-0.3, -0.25) is 9.59 Å². The number of nitrogens with one attached hydrogen (secondary N) is 1. The SMILES string of the molecule is CSc1ccc(C(=O)OCC(=O)c2ccc(CNC(=O)C(C)(C)C)s2)cc1. The van der Waals surface area contributed by atoms with Crippen LogP contribution in [0.4, 0.5) is 0 Å².